The third-order valence-electron chi connectivity index (χ3n) is 7.73. The normalized spacial score (nSPS) is 24.8. The Kier molecular flexibility index (Phi) is 7.55. The lowest BCUT2D eigenvalue weighted by atomic mass is 10.2. The minimum atomic E-state index is -0.694. The van der Waals surface area contributed by atoms with Crippen molar-refractivity contribution >= 4 is 26.5 Å². The first kappa shape index (κ1) is 25.7. The van der Waals surface area contributed by atoms with Crippen LogP contribution in [0, 0.1) is 0 Å². The lowest BCUT2D eigenvalue weighted by Crippen LogP contribution is -2.27. The van der Waals surface area contributed by atoms with Gasteiger partial charge in [0, 0.05) is 0 Å². The quantitative estimate of drug-likeness (QED) is 0.171. The third kappa shape index (κ3) is 4.93. The molecular weight excluding hydrogens is 526 g/mol. The molecule has 0 radical (unpaired) electrons. The van der Waals surface area contributed by atoms with Gasteiger partial charge in [-0.1, -0.05) is 146 Å². The number of hydrogen-bond acceptors (Lipinski definition) is 4. The summed E-state index contributed by atoms with van der Waals surface area (Å²) in [5, 5.41) is 2.94. The van der Waals surface area contributed by atoms with Crippen LogP contribution in [0.15, 0.2) is 146 Å². The van der Waals surface area contributed by atoms with Gasteiger partial charge in [0.25, 0.3) is 0 Å². The molecule has 2 aliphatic rings. The maximum atomic E-state index is 3.73. The summed E-state index contributed by atoms with van der Waals surface area (Å²) in [4.78, 5) is 0. The van der Waals surface area contributed by atoms with E-state index in [1.807, 2.05) is 0 Å². The molecule has 5 aromatic carbocycles. The van der Waals surface area contributed by atoms with Crippen LogP contribution in [0.25, 0.3) is 0 Å². The van der Waals surface area contributed by atoms with E-state index in [0.717, 1.165) is 0 Å². The Morgan fingerprint density at radius 3 is 0.775 bits per heavy atom. The van der Waals surface area contributed by atoms with E-state index in [4.69, 9.17) is 0 Å². The van der Waals surface area contributed by atoms with E-state index < -0.39 is 15.8 Å². The zero-order valence-corrected chi connectivity index (χ0v) is 23.8. The largest absolute Gasteiger partial charge is 0.245 e. The second-order valence-electron chi connectivity index (χ2n) is 10.1. The fourth-order valence-corrected chi connectivity index (χ4v) is 12.3. The van der Waals surface area contributed by atoms with Gasteiger partial charge in [-0.25, -0.2) is 21.7 Å². The standard InChI is InChI=1S/C34H32N4P2/c1-5-15-25(16-6-1)31-35-36-32(26-17-7-2-8-18-26)39(31)29-23-13-14-24-30(29)40-33(27-19-9-3-10-20-27)37-38-34(40)28-21-11-4-12-22-28/h1-24,31-38H/t31-,32-,33-,34?,40?/m0/s1. The zero-order chi connectivity index (χ0) is 26.7. The average Bonchev–Trinajstić information content (AvgIpc) is 3.68. The van der Waals surface area contributed by atoms with Gasteiger partial charge in [-0.2, -0.15) is 0 Å². The number of nitrogens with one attached hydrogen (secondary N) is 4. The van der Waals surface area contributed by atoms with Crippen molar-refractivity contribution in [2.45, 2.75) is 23.1 Å². The fraction of sp³-hybridized carbons (Fsp3) is 0.118. The van der Waals surface area contributed by atoms with Crippen molar-refractivity contribution in [3.05, 3.63) is 168 Å². The fourth-order valence-electron chi connectivity index (χ4n) is 5.87. The summed E-state index contributed by atoms with van der Waals surface area (Å²) in [5.41, 5.74) is 20.2. The van der Waals surface area contributed by atoms with Crippen molar-refractivity contribution in [3.8, 4) is 0 Å². The summed E-state index contributed by atoms with van der Waals surface area (Å²) in [6.45, 7) is 0. The second-order valence-corrected chi connectivity index (χ2v) is 14.8. The first-order valence-electron chi connectivity index (χ1n) is 13.8. The molecule has 0 amide bonds. The van der Waals surface area contributed by atoms with E-state index in [1.54, 1.807) is 0 Å². The molecule has 0 bridgehead atoms. The second kappa shape index (κ2) is 11.7. The van der Waals surface area contributed by atoms with Crippen LogP contribution in [0.2, 0.25) is 0 Å². The van der Waals surface area contributed by atoms with E-state index in [2.05, 4.69) is 167 Å². The molecule has 4 N–H and O–H groups in total. The summed E-state index contributed by atoms with van der Waals surface area (Å²) in [5.74, 6) is 0.802. The molecule has 0 saturated carbocycles. The molecule has 0 aromatic heterocycles. The Morgan fingerprint density at radius 2 is 0.525 bits per heavy atom. The monoisotopic (exact) mass is 558 g/mol. The highest BCUT2D eigenvalue weighted by atomic mass is 31.1. The summed E-state index contributed by atoms with van der Waals surface area (Å²) in [6, 6.07) is 52.9. The molecule has 2 unspecified atom stereocenters. The predicted molar refractivity (Wildman–Crippen MR) is 169 cm³/mol. The lowest BCUT2D eigenvalue weighted by Gasteiger charge is -2.32. The van der Waals surface area contributed by atoms with Crippen LogP contribution in [-0.4, -0.2) is 0 Å². The summed E-state index contributed by atoms with van der Waals surface area (Å²) < 4.78 is 0. The van der Waals surface area contributed by atoms with Crippen LogP contribution in [0.1, 0.15) is 45.4 Å². The molecule has 7 rings (SSSR count). The van der Waals surface area contributed by atoms with Crippen LogP contribution in [0.3, 0.4) is 0 Å². The Morgan fingerprint density at radius 1 is 0.300 bits per heavy atom. The van der Waals surface area contributed by atoms with Gasteiger partial charge in [-0.15, -0.1) is 0 Å². The smallest absolute Gasteiger partial charge is 0.0718 e. The van der Waals surface area contributed by atoms with Gasteiger partial charge in [0.15, 0.2) is 0 Å². The lowest BCUT2D eigenvalue weighted by molar-refractivity contribution is 0.555. The average molecular weight is 559 g/mol. The molecule has 0 aliphatic carbocycles. The first-order valence-corrected chi connectivity index (χ1v) is 16.7. The summed E-state index contributed by atoms with van der Waals surface area (Å²) in [7, 11) is -1.39. The van der Waals surface area contributed by atoms with Crippen molar-refractivity contribution in [1.29, 1.82) is 0 Å². The number of hydrogen-bond donors (Lipinski definition) is 4. The first-order chi connectivity index (χ1) is 19.9. The minimum Gasteiger partial charge on any atom is -0.245 e. The van der Waals surface area contributed by atoms with Gasteiger partial charge in [0.1, 0.15) is 0 Å². The van der Waals surface area contributed by atoms with Crippen LogP contribution in [-0.2, 0) is 0 Å². The van der Waals surface area contributed by atoms with E-state index in [9.17, 15) is 0 Å². The van der Waals surface area contributed by atoms with Crippen LogP contribution in [0.5, 0.6) is 0 Å². The Labute approximate surface area is 238 Å². The van der Waals surface area contributed by atoms with E-state index in [0.29, 0.717) is 0 Å². The maximum Gasteiger partial charge on any atom is 0.0718 e. The Bertz CT molecular complexity index is 1320. The van der Waals surface area contributed by atoms with Gasteiger partial charge in [0.2, 0.25) is 0 Å². The van der Waals surface area contributed by atoms with Gasteiger partial charge in [0.05, 0.1) is 23.1 Å². The minimum absolute atomic E-state index is 0.200. The maximum absolute atomic E-state index is 3.73. The Hall–Kier alpha value is -3.20. The number of hydrazine groups is 2. The number of rotatable bonds is 6. The van der Waals surface area contributed by atoms with Crippen molar-refractivity contribution in [2.75, 3.05) is 0 Å². The van der Waals surface area contributed by atoms with Crippen LogP contribution < -0.4 is 32.3 Å². The van der Waals surface area contributed by atoms with E-state index in [-0.39, 0.29) is 23.1 Å². The molecule has 2 saturated heterocycles. The topological polar surface area (TPSA) is 48.1 Å². The van der Waals surface area contributed by atoms with Crippen molar-refractivity contribution in [1.82, 2.24) is 21.7 Å². The van der Waals surface area contributed by atoms with Gasteiger partial charge in [-0.05, 0) is 48.7 Å². The molecule has 40 heavy (non-hydrogen) atoms. The van der Waals surface area contributed by atoms with Crippen LogP contribution in [0.4, 0.5) is 0 Å². The third-order valence-corrected chi connectivity index (χ3v) is 13.7. The van der Waals surface area contributed by atoms with Gasteiger partial charge < -0.3 is 0 Å². The van der Waals surface area contributed by atoms with Crippen molar-refractivity contribution < 1.29 is 0 Å². The highest BCUT2D eigenvalue weighted by Crippen LogP contribution is 2.65. The summed E-state index contributed by atoms with van der Waals surface area (Å²) >= 11 is 0. The Balaban J connectivity index is 1.39. The van der Waals surface area contributed by atoms with E-state index in [1.165, 1.54) is 32.9 Å². The molecule has 0 spiro atoms. The molecule has 198 valence electrons. The molecule has 2 heterocycles. The van der Waals surface area contributed by atoms with Crippen molar-refractivity contribution in [2.24, 2.45) is 0 Å². The predicted octanol–water partition coefficient (Wildman–Crippen LogP) is 6.91. The molecular formula is C34H32N4P2. The molecule has 2 fully saturated rings. The molecule has 4 nitrogen and oxygen atoms in total. The van der Waals surface area contributed by atoms with E-state index >= 15 is 0 Å². The zero-order valence-electron chi connectivity index (χ0n) is 22.1. The highest BCUT2D eigenvalue weighted by molar-refractivity contribution is 7.72. The highest BCUT2D eigenvalue weighted by Gasteiger charge is 2.44. The van der Waals surface area contributed by atoms with Gasteiger partial charge in [-0.3, -0.25) is 0 Å². The van der Waals surface area contributed by atoms with Gasteiger partial charge >= 0.3 is 0 Å². The molecule has 6 heteroatoms. The number of benzene rings is 5. The molecule has 2 aliphatic heterocycles. The SMILES string of the molecule is c1ccc(C2NN[C@H](c3ccccc3)P2c2ccccc2P2[C@@H](c3ccccc3)NN[C@@H]2c2ccccc2)cc1. The van der Waals surface area contributed by atoms with Crippen LogP contribution >= 0.6 is 15.8 Å². The summed E-state index contributed by atoms with van der Waals surface area (Å²) in [6.07, 6.45) is 0. The van der Waals surface area contributed by atoms with Crippen molar-refractivity contribution in [3.63, 3.8) is 0 Å². The molecule has 5 atom stereocenters. The molecule has 5 aromatic rings.